The lowest BCUT2D eigenvalue weighted by molar-refractivity contribution is -0.253. The molecule has 1 N–H and O–H groups in total. The molecule has 1 saturated carbocycles. The van der Waals surface area contributed by atoms with Crippen molar-refractivity contribution in [1.29, 1.82) is 0 Å². The van der Waals surface area contributed by atoms with Gasteiger partial charge in [0.25, 0.3) is 0 Å². The van der Waals surface area contributed by atoms with E-state index in [9.17, 15) is 39.9 Å². The van der Waals surface area contributed by atoms with Crippen LogP contribution >= 0.6 is 11.6 Å². The molecule has 1 heterocycles. The summed E-state index contributed by atoms with van der Waals surface area (Å²) >= 11 is 5.96. The lowest BCUT2D eigenvalue weighted by Crippen LogP contribution is -2.60. The van der Waals surface area contributed by atoms with E-state index in [1.807, 2.05) is 0 Å². The second kappa shape index (κ2) is 10.9. The van der Waals surface area contributed by atoms with Crippen molar-refractivity contribution in [2.75, 3.05) is 0 Å². The summed E-state index contributed by atoms with van der Waals surface area (Å²) < 4.78 is 114. The first-order valence-electron chi connectivity index (χ1n) is 11.9. The molecule has 1 unspecified atom stereocenters. The third-order valence-corrected chi connectivity index (χ3v) is 7.08. The Kier molecular flexibility index (Phi) is 8.04. The Morgan fingerprint density at radius 2 is 1.70 bits per heavy atom. The number of hydrogen-bond acceptors (Lipinski definition) is 3. The number of carbonyl (C=O) groups is 1. The first kappa shape index (κ1) is 29.6. The molecule has 1 aliphatic carbocycles. The highest BCUT2D eigenvalue weighted by Crippen LogP contribution is 2.54. The zero-order chi connectivity index (χ0) is 29.3. The summed E-state index contributed by atoms with van der Waals surface area (Å²) in [5.74, 6) is -3.73. The van der Waals surface area contributed by atoms with Gasteiger partial charge in [0.15, 0.2) is 0 Å². The number of halogens is 9. The van der Waals surface area contributed by atoms with E-state index in [-0.39, 0.29) is 29.1 Å². The molecule has 1 amide bonds. The quantitative estimate of drug-likeness (QED) is 0.263. The van der Waals surface area contributed by atoms with Gasteiger partial charge in [0.1, 0.15) is 22.5 Å². The molecule has 0 spiro atoms. The third kappa shape index (κ3) is 5.72. The standard InChI is InChI=1S/C27H21ClF8N2O2/c28-18-7-8-21(37-15-18)25(14-16-5-2-1-3-6-16,38-23(39)24(9-4-10-24)27(34,35)36)17-11-19(29)13-20(12-17)40-26(32,33)22(30)31/h1-3,5-8,11-13,15,22H,4,9-10,14H2,(H,38,39). The second-order valence-corrected chi connectivity index (χ2v) is 9.89. The van der Waals surface area contributed by atoms with Gasteiger partial charge in [-0.1, -0.05) is 48.4 Å². The Hall–Kier alpha value is -3.41. The highest BCUT2D eigenvalue weighted by Gasteiger charge is 2.64. The van der Waals surface area contributed by atoms with Crippen molar-refractivity contribution in [2.24, 2.45) is 5.41 Å². The molecule has 0 aliphatic heterocycles. The van der Waals surface area contributed by atoms with Crippen LogP contribution in [0.1, 0.15) is 36.1 Å². The van der Waals surface area contributed by atoms with E-state index >= 15 is 0 Å². The maximum Gasteiger partial charge on any atom is 0.461 e. The Labute approximate surface area is 228 Å². The minimum absolute atomic E-state index is 0.120. The van der Waals surface area contributed by atoms with Crippen molar-refractivity contribution < 1.29 is 44.7 Å². The monoisotopic (exact) mass is 592 g/mol. The smallest absolute Gasteiger partial charge is 0.428 e. The highest BCUT2D eigenvalue weighted by molar-refractivity contribution is 6.30. The molecule has 214 valence electrons. The molecule has 1 aromatic heterocycles. The van der Waals surface area contributed by atoms with Gasteiger partial charge in [-0.15, -0.1) is 0 Å². The van der Waals surface area contributed by atoms with Crippen LogP contribution in [-0.2, 0) is 16.8 Å². The van der Waals surface area contributed by atoms with Crippen molar-refractivity contribution in [3.05, 3.63) is 94.5 Å². The molecule has 2 aromatic carbocycles. The lowest BCUT2D eigenvalue weighted by atomic mass is 9.66. The van der Waals surface area contributed by atoms with Crippen LogP contribution in [0.25, 0.3) is 0 Å². The van der Waals surface area contributed by atoms with Gasteiger partial charge < -0.3 is 10.1 Å². The number of hydrogen-bond donors (Lipinski definition) is 1. The summed E-state index contributed by atoms with van der Waals surface area (Å²) in [5.41, 5.74) is -4.94. The molecular weight excluding hydrogens is 572 g/mol. The second-order valence-electron chi connectivity index (χ2n) is 9.46. The van der Waals surface area contributed by atoms with Gasteiger partial charge in [-0.25, -0.2) is 4.39 Å². The Bertz CT molecular complexity index is 1350. The first-order chi connectivity index (χ1) is 18.7. The summed E-state index contributed by atoms with van der Waals surface area (Å²) in [7, 11) is 0. The number of ether oxygens (including phenoxy) is 1. The lowest BCUT2D eigenvalue weighted by Gasteiger charge is -2.45. The first-order valence-corrected chi connectivity index (χ1v) is 12.3. The minimum atomic E-state index is -5.01. The molecular formula is C27H21ClF8N2O2. The normalized spacial score (nSPS) is 16.6. The van der Waals surface area contributed by atoms with Crippen LogP contribution in [0.2, 0.25) is 5.02 Å². The predicted molar refractivity (Wildman–Crippen MR) is 129 cm³/mol. The maximum atomic E-state index is 14.8. The van der Waals surface area contributed by atoms with Crippen LogP contribution in [0.5, 0.6) is 5.75 Å². The number of benzene rings is 2. The van der Waals surface area contributed by atoms with Crippen molar-refractivity contribution >= 4 is 17.5 Å². The molecule has 0 radical (unpaired) electrons. The van der Waals surface area contributed by atoms with E-state index in [1.54, 1.807) is 30.3 Å². The molecule has 1 atom stereocenters. The van der Waals surface area contributed by atoms with E-state index in [0.29, 0.717) is 11.6 Å². The predicted octanol–water partition coefficient (Wildman–Crippen LogP) is 7.45. The maximum absolute atomic E-state index is 14.8. The molecule has 13 heteroatoms. The largest absolute Gasteiger partial charge is 0.461 e. The highest BCUT2D eigenvalue weighted by atomic mass is 35.5. The third-order valence-electron chi connectivity index (χ3n) is 6.86. The average Bonchev–Trinajstić information content (AvgIpc) is 2.82. The van der Waals surface area contributed by atoms with E-state index in [0.717, 1.165) is 18.3 Å². The Morgan fingerprint density at radius 1 is 1.02 bits per heavy atom. The summed E-state index contributed by atoms with van der Waals surface area (Å²) in [6.07, 6.45) is -14.3. The Morgan fingerprint density at radius 3 is 2.23 bits per heavy atom. The van der Waals surface area contributed by atoms with E-state index in [2.05, 4.69) is 15.0 Å². The van der Waals surface area contributed by atoms with Crippen LogP contribution in [0.4, 0.5) is 35.1 Å². The van der Waals surface area contributed by atoms with Gasteiger partial charge in [-0.05, 0) is 48.2 Å². The molecule has 0 saturated heterocycles. The van der Waals surface area contributed by atoms with Crippen LogP contribution in [0.3, 0.4) is 0 Å². The van der Waals surface area contributed by atoms with Gasteiger partial charge in [0.2, 0.25) is 5.91 Å². The van der Waals surface area contributed by atoms with Crippen molar-refractivity contribution in [3.63, 3.8) is 0 Å². The number of amides is 1. The van der Waals surface area contributed by atoms with Crippen molar-refractivity contribution in [3.8, 4) is 5.75 Å². The number of pyridine rings is 1. The number of nitrogens with zero attached hydrogens (tertiary/aromatic N) is 1. The minimum Gasteiger partial charge on any atom is -0.428 e. The topological polar surface area (TPSA) is 51.2 Å². The fourth-order valence-corrected chi connectivity index (χ4v) is 4.72. The molecule has 3 aromatic rings. The summed E-state index contributed by atoms with van der Waals surface area (Å²) in [6, 6.07) is 12.5. The van der Waals surface area contributed by atoms with Gasteiger partial charge in [-0.2, -0.15) is 30.7 Å². The number of alkyl halides is 7. The number of rotatable bonds is 9. The average molecular weight is 593 g/mol. The van der Waals surface area contributed by atoms with Crippen LogP contribution < -0.4 is 10.1 Å². The van der Waals surface area contributed by atoms with Gasteiger partial charge >= 0.3 is 18.7 Å². The SMILES string of the molecule is O=C(NC(Cc1ccccc1)(c1cc(F)cc(OC(F)(F)C(F)F)c1)c1ccc(Cl)cn1)C1(C(F)(F)F)CCC1. The molecule has 4 rings (SSSR count). The molecule has 4 nitrogen and oxygen atoms in total. The zero-order valence-electron chi connectivity index (χ0n) is 20.4. The van der Waals surface area contributed by atoms with Crippen LogP contribution in [0.15, 0.2) is 66.9 Å². The molecule has 40 heavy (non-hydrogen) atoms. The van der Waals surface area contributed by atoms with Crippen molar-refractivity contribution in [1.82, 2.24) is 10.3 Å². The molecule has 0 bridgehead atoms. The van der Waals surface area contributed by atoms with Gasteiger partial charge in [0, 0.05) is 18.7 Å². The van der Waals surface area contributed by atoms with Crippen LogP contribution in [-0.4, -0.2) is 29.6 Å². The van der Waals surface area contributed by atoms with E-state index in [1.165, 1.54) is 12.1 Å². The van der Waals surface area contributed by atoms with Gasteiger partial charge in [0.05, 0.1) is 10.7 Å². The summed E-state index contributed by atoms with van der Waals surface area (Å²) in [6.45, 7) is 0. The molecule has 1 aliphatic rings. The fraction of sp³-hybridized carbons (Fsp3) is 0.333. The fourth-order valence-electron chi connectivity index (χ4n) is 4.60. The number of aromatic nitrogens is 1. The summed E-state index contributed by atoms with van der Waals surface area (Å²) in [4.78, 5) is 17.6. The van der Waals surface area contributed by atoms with Crippen LogP contribution in [0, 0.1) is 11.2 Å². The number of nitrogens with one attached hydrogen (secondary N) is 1. The zero-order valence-corrected chi connectivity index (χ0v) is 21.2. The van der Waals surface area contributed by atoms with E-state index in [4.69, 9.17) is 11.6 Å². The molecule has 1 fully saturated rings. The van der Waals surface area contributed by atoms with Crippen molar-refractivity contribution in [2.45, 2.75) is 49.9 Å². The van der Waals surface area contributed by atoms with E-state index < -0.39 is 60.0 Å². The number of carbonyl (C=O) groups excluding carboxylic acids is 1. The Balaban J connectivity index is 1.95. The summed E-state index contributed by atoms with van der Waals surface area (Å²) in [5, 5.41) is 2.52. The van der Waals surface area contributed by atoms with Gasteiger partial charge in [-0.3, -0.25) is 9.78 Å².